The van der Waals surface area contributed by atoms with E-state index in [4.69, 9.17) is 4.74 Å². The van der Waals surface area contributed by atoms with Gasteiger partial charge in [0, 0.05) is 33.5 Å². The van der Waals surface area contributed by atoms with Crippen LogP contribution in [-0.4, -0.2) is 0 Å². The van der Waals surface area contributed by atoms with Crippen molar-refractivity contribution in [1.82, 2.24) is 0 Å². The van der Waals surface area contributed by atoms with Gasteiger partial charge in [0.1, 0.15) is 11.5 Å². The fourth-order valence-corrected chi connectivity index (χ4v) is 9.73. The molecule has 1 spiro atoms. The van der Waals surface area contributed by atoms with Crippen LogP contribution < -0.4 is 9.64 Å². The average Bonchev–Trinajstić information content (AvgIpc) is 3.61. The number of hydrogen-bond acceptors (Lipinski definition) is 2. The molecule has 3 aliphatic rings. The van der Waals surface area contributed by atoms with Crippen molar-refractivity contribution in [3.63, 3.8) is 0 Å². The summed E-state index contributed by atoms with van der Waals surface area (Å²) in [4.78, 5) is 2.48. The summed E-state index contributed by atoms with van der Waals surface area (Å²) in [5.41, 5.74) is 15.5. The molecule has 2 nitrogen and oxygen atoms in total. The van der Waals surface area contributed by atoms with E-state index in [2.05, 4.69) is 195 Å². The first-order valence-electron chi connectivity index (χ1n) is 18.2. The third-order valence-electron chi connectivity index (χ3n) is 11.9. The Morgan fingerprint density at radius 2 is 1.12 bits per heavy atom. The molecule has 0 radical (unpaired) electrons. The highest BCUT2D eigenvalue weighted by atomic mass is 16.5. The van der Waals surface area contributed by atoms with Gasteiger partial charge < -0.3 is 9.64 Å². The summed E-state index contributed by atoms with van der Waals surface area (Å²) in [5.74, 6) is 1.81. The largest absolute Gasteiger partial charge is 0.457 e. The first kappa shape index (κ1) is 29.4. The third-order valence-corrected chi connectivity index (χ3v) is 11.9. The van der Waals surface area contributed by atoms with Crippen molar-refractivity contribution in [2.24, 2.45) is 0 Å². The molecule has 0 N–H and O–H groups in total. The summed E-state index contributed by atoms with van der Waals surface area (Å²) in [6, 6.07) is 64.6. The zero-order chi connectivity index (χ0) is 34.6. The SMILES string of the molecule is CC1(C)c2ccccc2-c2c(N(c3ccccc3)c3ccc4c(c3)C3(c5ccccc5Oc5ccc6ccccc6c53)c3ccccc3-4)cccc21. The maximum Gasteiger partial charge on any atom is 0.132 e. The number of benzene rings is 8. The van der Waals surface area contributed by atoms with Crippen LogP contribution in [0.25, 0.3) is 33.0 Å². The lowest BCUT2D eigenvalue weighted by atomic mass is 9.65. The van der Waals surface area contributed by atoms with Gasteiger partial charge in [0.05, 0.1) is 11.1 Å². The molecule has 1 atom stereocenters. The van der Waals surface area contributed by atoms with E-state index in [9.17, 15) is 0 Å². The highest BCUT2D eigenvalue weighted by Gasteiger charge is 2.52. The lowest BCUT2D eigenvalue weighted by Crippen LogP contribution is -2.32. The van der Waals surface area contributed by atoms with E-state index in [1.54, 1.807) is 0 Å². The van der Waals surface area contributed by atoms with Crippen molar-refractivity contribution in [1.29, 1.82) is 0 Å². The maximum absolute atomic E-state index is 6.81. The molecule has 0 saturated carbocycles. The van der Waals surface area contributed by atoms with E-state index < -0.39 is 5.41 Å². The minimum Gasteiger partial charge on any atom is -0.457 e. The Hall–Kier alpha value is -6.38. The quantitative estimate of drug-likeness (QED) is 0.186. The molecule has 0 saturated heterocycles. The topological polar surface area (TPSA) is 12.5 Å². The Labute approximate surface area is 304 Å². The third kappa shape index (κ3) is 3.74. The number of nitrogens with zero attached hydrogens (tertiary/aromatic N) is 1. The molecule has 52 heavy (non-hydrogen) atoms. The molecule has 0 aromatic heterocycles. The molecule has 1 aliphatic heterocycles. The van der Waals surface area contributed by atoms with Crippen LogP contribution in [-0.2, 0) is 10.8 Å². The minimum atomic E-state index is -0.595. The van der Waals surface area contributed by atoms with Gasteiger partial charge in [-0.25, -0.2) is 0 Å². The lowest BCUT2D eigenvalue weighted by Gasteiger charge is -2.40. The zero-order valence-electron chi connectivity index (χ0n) is 29.1. The van der Waals surface area contributed by atoms with Gasteiger partial charge >= 0.3 is 0 Å². The molecule has 0 bridgehead atoms. The van der Waals surface area contributed by atoms with Gasteiger partial charge in [-0.1, -0.05) is 147 Å². The predicted octanol–water partition coefficient (Wildman–Crippen LogP) is 13.1. The summed E-state index contributed by atoms with van der Waals surface area (Å²) in [7, 11) is 0. The van der Waals surface area contributed by atoms with Gasteiger partial charge in [-0.3, -0.25) is 0 Å². The van der Waals surface area contributed by atoms with Crippen LogP contribution in [0.4, 0.5) is 17.1 Å². The van der Waals surface area contributed by atoms with Crippen molar-refractivity contribution in [3.05, 3.63) is 209 Å². The summed E-state index contributed by atoms with van der Waals surface area (Å²) < 4.78 is 6.81. The van der Waals surface area contributed by atoms with E-state index in [-0.39, 0.29) is 5.41 Å². The van der Waals surface area contributed by atoms with Crippen LogP contribution in [0.5, 0.6) is 11.5 Å². The second kappa shape index (κ2) is 10.6. The van der Waals surface area contributed by atoms with Crippen molar-refractivity contribution < 1.29 is 4.74 Å². The number of hydrogen-bond donors (Lipinski definition) is 0. The number of ether oxygens (including phenoxy) is 1. The Kier molecular flexibility index (Phi) is 5.97. The summed E-state index contributed by atoms with van der Waals surface area (Å²) in [5, 5.41) is 2.42. The standard InChI is InChI=1S/C50H35NO/c1-49(2)39-21-10-9-20-38(39)47-42(49)24-14-25-44(47)51(33-16-4-3-5-17-33)34-28-29-37-36-19-8-11-22-40(36)50(43(37)31-34)41-23-12-13-26-45(41)52-46-30-27-32-15-6-7-18-35(32)48(46)50/h3-31H,1-2H3. The van der Waals surface area contributed by atoms with Crippen molar-refractivity contribution in [2.75, 3.05) is 4.90 Å². The fourth-order valence-electron chi connectivity index (χ4n) is 9.73. The van der Waals surface area contributed by atoms with Gasteiger partial charge in [0.2, 0.25) is 0 Å². The number of anilines is 3. The summed E-state index contributed by atoms with van der Waals surface area (Å²) in [6.07, 6.45) is 0. The first-order chi connectivity index (χ1) is 25.6. The van der Waals surface area contributed by atoms with Crippen LogP contribution in [0.15, 0.2) is 176 Å². The van der Waals surface area contributed by atoms with Gasteiger partial charge in [-0.05, 0) is 92.2 Å². The second-order valence-electron chi connectivity index (χ2n) is 14.8. The van der Waals surface area contributed by atoms with Gasteiger partial charge in [-0.15, -0.1) is 0 Å². The van der Waals surface area contributed by atoms with Crippen LogP contribution in [0.1, 0.15) is 47.2 Å². The van der Waals surface area contributed by atoms with Crippen LogP contribution in [0.3, 0.4) is 0 Å². The maximum atomic E-state index is 6.81. The van der Waals surface area contributed by atoms with Crippen molar-refractivity contribution in [2.45, 2.75) is 24.7 Å². The highest BCUT2D eigenvalue weighted by molar-refractivity contribution is 5.99. The smallest absolute Gasteiger partial charge is 0.132 e. The zero-order valence-corrected chi connectivity index (χ0v) is 29.1. The molecule has 8 aromatic carbocycles. The molecule has 2 heteroatoms. The Bertz CT molecular complexity index is 2760. The van der Waals surface area contributed by atoms with Gasteiger partial charge in [0.25, 0.3) is 0 Å². The van der Waals surface area contributed by atoms with E-state index in [0.29, 0.717) is 0 Å². The Morgan fingerprint density at radius 3 is 1.98 bits per heavy atom. The Balaban J connectivity index is 1.25. The van der Waals surface area contributed by atoms with Crippen LogP contribution >= 0.6 is 0 Å². The van der Waals surface area contributed by atoms with Crippen LogP contribution in [0.2, 0.25) is 0 Å². The summed E-state index contributed by atoms with van der Waals surface area (Å²) in [6.45, 7) is 4.71. The molecule has 8 aromatic rings. The van der Waals surface area contributed by atoms with Gasteiger partial charge in [-0.2, -0.15) is 0 Å². The Morgan fingerprint density at radius 1 is 0.442 bits per heavy atom. The molecular formula is C50H35NO. The van der Waals surface area contributed by atoms with Crippen molar-refractivity contribution >= 4 is 27.8 Å². The van der Waals surface area contributed by atoms with E-state index >= 15 is 0 Å². The van der Waals surface area contributed by atoms with E-state index in [1.807, 2.05) is 0 Å². The van der Waals surface area contributed by atoms with Crippen LogP contribution in [0, 0.1) is 0 Å². The normalized spacial score (nSPS) is 16.7. The number of rotatable bonds is 3. The molecule has 0 amide bonds. The first-order valence-corrected chi connectivity index (χ1v) is 18.2. The number of para-hydroxylation sites is 2. The molecule has 1 unspecified atom stereocenters. The predicted molar refractivity (Wildman–Crippen MR) is 214 cm³/mol. The molecule has 0 fully saturated rings. The lowest BCUT2D eigenvalue weighted by molar-refractivity contribution is 0.438. The van der Waals surface area contributed by atoms with Gasteiger partial charge in [0.15, 0.2) is 0 Å². The summed E-state index contributed by atoms with van der Waals surface area (Å²) >= 11 is 0. The molecule has 2 aliphatic carbocycles. The fraction of sp³-hybridized carbons (Fsp3) is 0.0800. The monoisotopic (exact) mass is 665 g/mol. The molecular weight excluding hydrogens is 631 g/mol. The minimum absolute atomic E-state index is 0.107. The molecule has 11 rings (SSSR count). The van der Waals surface area contributed by atoms with E-state index in [1.165, 1.54) is 72.1 Å². The molecule has 1 heterocycles. The molecule has 246 valence electrons. The highest BCUT2D eigenvalue weighted by Crippen LogP contribution is 2.64. The van der Waals surface area contributed by atoms with Crippen molar-refractivity contribution in [3.8, 4) is 33.8 Å². The second-order valence-corrected chi connectivity index (χ2v) is 14.8. The average molecular weight is 666 g/mol. The number of fused-ring (bicyclic) bond motifs is 14. The van der Waals surface area contributed by atoms with E-state index in [0.717, 1.165) is 22.9 Å².